The van der Waals surface area contributed by atoms with Crippen molar-refractivity contribution in [3.63, 3.8) is 0 Å². The van der Waals surface area contributed by atoms with Crippen molar-refractivity contribution in [1.82, 2.24) is 10.3 Å². The fourth-order valence-corrected chi connectivity index (χ4v) is 2.92. The minimum atomic E-state index is 0.313. The summed E-state index contributed by atoms with van der Waals surface area (Å²) in [6.45, 7) is 5.01. The van der Waals surface area contributed by atoms with E-state index in [9.17, 15) is 0 Å². The van der Waals surface area contributed by atoms with E-state index < -0.39 is 0 Å². The molecule has 0 spiro atoms. The Balaban J connectivity index is 1.98. The molecule has 2 rings (SSSR count). The van der Waals surface area contributed by atoms with Gasteiger partial charge in [-0.2, -0.15) is 0 Å². The van der Waals surface area contributed by atoms with Crippen molar-refractivity contribution in [3.05, 3.63) is 50.4 Å². The SMILES string of the molecule is Cc1nc(CN[C@@H](C)c2ccccc2Br)cs1. The first-order valence-electron chi connectivity index (χ1n) is 5.55. The lowest BCUT2D eigenvalue weighted by molar-refractivity contribution is 0.567. The summed E-state index contributed by atoms with van der Waals surface area (Å²) < 4.78 is 1.15. The second-order valence-corrected chi connectivity index (χ2v) is 5.90. The van der Waals surface area contributed by atoms with Crippen LogP contribution in [0.3, 0.4) is 0 Å². The molecule has 0 aliphatic heterocycles. The van der Waals surface area contributed by atoms with Gasteiger partial charge in [-0.1, -0.05) is 34.1 Å². The van der Waals surface area contributed by atoms with E-state index >= 15 is 0 Å². The summed E-state index contributed by atoms with van der Waals surface area (Å²) in [4.78, 5) is 4.44. The average Bonchev–Trinajstić information content (AvgIpc) is 2.73. The third-order valence-electron chi connectivity index (χ3n) is 2.63. The number of hydrogen-bond donors (Lipinski definition) is 1. The summed E-state index contributed by atoms with van der Waals surface area (Å²) in [6.07, 6.45) is 0. The summed E-state index contributed by atoms with van der Waals surface area (Å²) in [6, 6.07) is 8.61. The van der Waals surface area contributed by atoms with Gasteiger partial charge < -0.3 is 5.32 Å². The number of benzene rings is 1. The molecule has 0 radical (unpaired) electrons. The molecule has 2 aromatic rings. The second-order valence-electron chi connectivity index (χ2n) is 3.98. The normalized spacial score (nSPS) is 12.6. The lowest BCUT2D eigenvalue weighted by Gasteiger charge is -2.14. The van der Waals surface area contributed by atoms with E-state index in [1.807, 2.05) is 13.0 Å². The number of thiazole rings is 1. The van der Waals surface area contributed by atoms with Gasteiger partial charge in [0.05, 0.1) is 10.7 Å². The number of nitrogens with one attached hydrogen (secondary N) is 1. The number of halogens is 1. The summed E-state index contributed by atoms with van der Waals surface area (Å²) in [5.74, 6) is 0. The first kappa shape index (κ1) is 12.7. The molecule has 1 aromatic heterocycles. The van der Waals surface area contributed by atoms with Crippen LogP contribution >= 0.6 is 27.3 Å². The van der Waals surface area contributed by atoms with Crippen molar-refractivity contribution < 1.29 is 0 Å². The van der Waals surface area contributed by atoms with Gasteiger partial charge in [-0.3, -0.25) is 0 Å². The number of hydrogen-bond acceptors (Lipinski definition) is 3. The minimum Gasteiger partial charge on any atom is -0.304 e. The Bertz CT molecular complexity index is 496. The molecule has 0 aliphatic rings. The molecule has 0 amide bonds. The highest BCUT2D eigenvalue weighted by atomic mass is 79.9. The highest BCUT2D eigenvalue weighted by molar-refractivity contribution is 9.10. The van der Waals surface area contributed by atoms with Crippen LogP contribution in [0.2, 0.25) is 0 Å². The van der Waals surface area contributed by atoms with Gasteiger partial charge in [0.25, 0.3) is 0 Å². The molecule has 1 heterocycles. The maximum absolute atomic E-state index is 4.44. The van der Waals surface area contributed by atoms with E-state index in [-0.39, 0.29) is 0 Å². The predicted molar refractivity (Wildman–Crippen MR) is 76.2 cm³/mol. The Morgan fingerprint density at radius 1 is 1.41 bits per heavy atom. The van der Waals surface area contributed by atoms with E-state index in [1.165, 1.54) is 5.56 Å². The molecule has 1 N–H and O–H groups in total. The van der Waals surface area contributed by atoms with Crippen LogP contribution in [-0.2, 0) is 6.54 Å². The lowest BCUT2D eigenvalue weighted by atomic mass is 10.1. The predicted octanol–water partition coefficient (Wildman–Crippen LogP) is 4.06. The monoisotopic (exact) mass is 310 g/mol. The second kappa shape index (κ2) is 5.76. The molecule has 90 valence electrons. The molecule has 2 nitrogen and oxygen atoms in total. The summed E-state index contributed by atoms with van der Waals surface area (Å²) in [5, 5.41) is 6.71. The maximum Gasteiger partial charge on any atom is 0.0897 e. The first-order valence-corrected chi connectivity index (χ1v) is 7.23. The number of rotatable bonds is 4. The Labute approximate surface area is 114 Å². The summed E-state index contributed by atoms with van der Waals surface area (Å²) in [7, 11) is 0. The van der Waals surface area contributed by atoms with Crippen LogP contribution in [-0.4, -0.2) is 4.98 Å². The zero-order chi connectivity index (χ0) is 12.3. The van der Waals surface area contributed by atoms with Gasteiger partial charge >= 0.3 is 0 Å². The topological polar surface area (TPSA) is 24.9 Å². The molecular weight excluding hydrogens is 296 g/mol. The van der Waals surface area contributed by atoms with Crippen LogP contribution in [0.4, 0.5) is 0 Å². The van der Waals surface area contributed by atoms with E-state index in [0.29, 0.717) is 6.04 Å². The first-order chi connectivity index (χ1) is 8.16. The van der Waals surface area contributed by atoms with Crippen LogP contribution in [0.15, 0.2) is 34.1 Å². The summed E-state index contributed by atoms with van der Waals surface area (Å²) >= 11 is 5.27. The van der Waals surface area contributed by atoms with Crippen LogP contribution in [0.1, 0.15) is 29.2 Å². The van der Waals surface area contributed by atoms with Crippen LogP contribution in [0.25, 0.3) is 0 Å². The van der Waals surface area contributed by atoms with Crippen LogP contribution in [0.5, 0.6) is 0 Å². The third-order valence-corrected chi connectivity index (χ3v) is 4.17. The Hall–Kier alpha value is -0.710. The largest absolute Gasteiger partial charge is 0.304 e. The average molecular weight is 311 g/mol. The Morgan fingerprint density at radius 3 is 2.82 bits per heavy atom. The van der Waals surface area contributed by atoms with E-state index in [4.69, 9.17) is 0 Å². The van der Waals surface area contributed by atoms with Crippen molar-refractivity contribution in [2.24, 2.45) is 0 Å². The highest BCUT2D eigenvalue weighted by Crippen LogP contribution is 2.23. The molecule has 0 bridgehead atoms. The molecule has 4 heteroatoms. The number of aromatic nitrogens is 1. The van der Waals surface area contributed by atoms with Crippen molar-refractivity contribution in [2.75, 3.05) is 0 Å². The number of aryl methyl sites for hydroxylation is 1. The van der Waals surface area contributed by atoms with Gasteiger partial charge in [-0.15, -0.1) is 11.3 Å². The quantitative estimate of drug-likeness (QED) is 0.921. The molecule has 0 unspecified atom stereocenters. The smallest absolute Gasteiger partial charge is 0.0897 e. The van der Waals surface area contributed by atoms with Gasteiger partial charge in [-0.05, 0) is 25.5 Å². The molecule has 17 heavy (non-hydrogen) atoms. The Morgan fingerprint density at radius 2 is 2.18 bits per heavy atom. The zero-order valence-corrected chi connectivity index (χ0v) is 12.3. The van der Waals surface area contributed by atoms with E-state index in [0.717, 1.165) is 21.7 Å². The molecular formula is C13H15BrN2S. The van der Waals surface area contributed by atoms with Crippen LogP contribution in [0, 0.1) is 6.92 Å². The standard InChI is InChI=1S/C13H15BrN2S/c1-9(12-5-3-4-6-13(12)14)15-7-11-8-17-10(2)16-11/h3-6,8-9,15H,7H2,1-2H3/t9-/m0/s1. The highest BCUT2D eigenvalue weighted by Gasteiger charge is 2.08. The van der Waals surface area contributed by atoms with E-state index in [2.05, 4.69) is 56.7 Å². The van der Waals surface area contributed by atoms with E-state index in [1.54, 1.807) is 11.3 Å². The van der Waals surface area contributed by atoms with Crippen LogP contribution < -0.4 is 5.32 Å². The van der Waals surface area contributed by atoms with Gasteiger partial charge in [0, 0.05) is 22.4 Å². The van der Waals surface area contributed by atoms with Gasteiger partial charge in [0.2, 0.25) is 0 Å². The Kier molecular flexibility index (Phi) is 4.31. The lowest BCUT2D eigenvalue weighted by Crippen LogP contribution is -2.18. The van der Waals surface area contributed by atoms with Gasteiger partial charge in [0.1, 0.15) is 0 Å². The molecule has 0 saturated carbocycles. The third kappa shape index (κ3) is 3.37. The zero-order valence-electron chi connectivity index (χ0n) is 9.90. The van der Waals surface area contributed by atoms with Crippen molar-refractivity contribution in [2.45, 2.75) is 26.4 Å². The fourth-order valence-electron chi connectivity index (χ4n) is 1.68. The van der Waals surface area contributed by atoms with Crippen molar-refractivity contribution in [3.8, 4) is 0 Å². The molecule has 1 aromatic carbocycles. The molecule has 0 aliphatic carbocycles. The van der Waals surface area contributed by atoms with Crippen molar-refractivity contribution in [1.29, 1.82) is 0 Å². The molecule has 0 fully saturated rings. The fraction of sp³-hybridized carbons (Fsp3) is 0.308. The number of nitrogens with zero attached hydrogens (tertiary/aromatic N) is 1. The van der Waals surface area contributed by atoms with Crippen molar-refractivity contribution >= 4 is 27.3 Å². The minimum absolute atomic E-state index is 0.313. The maximum atomic E-state index is 4.44. The summed E-state index contributed by atoms with van der Waals surface area (Å²) in [5.41, 5.74) is 2.39. The molecule has 0 saturated heterocycles. The molecule has 1 atom stereocenters. The van der Waals surface area contributed by atoms with Gasteiger partial charge in [-0.25, -0.2) is 4.98 Å². The van der Waals surface area contributed by atoms with Gasteiger partial charge in [0.15, 0.2) is 0 Å².